The normalized spacial score (nSPS) is 23.4. The first-order chi connectivity index (χ1) is 12.3. The van der Waals surface area contributed by atoms with Gasteiger partial charge in [-0.2, -0.15) is 0 Å². The van der Waals surface area contributed by atoms with E-state index in [4.69, 9.17) is 4.74 Å². The molecule has 0 radical (unpaired) electrons. The minimum atomic E-state index is -0.0426. The van der Waals surface area contributed by atoms with Gasteiger partial charge in [-0.15, -0.1) is 0 Å². The van der Waals surface area contributed by atoms with Crippen LogP contribution in [0.15, 0.2) is 18.2 Å². The molecular formula is C21H31N3O2. The number of benzene rings is 1. The van der Waals surface area contributed by atoms with Gasteiger partial charge in [0.2, 0.25) is 0 Å². The second-order valence-corrected chi connectivity index (χ2v) is 8.09. The molecule has 1 aromatic carbocycles. The molecule has 1 aromatic heterocycles. The van der Waals surface area contributed by atoms with Crippen LogP contribution in [0.4, 0.5) is 0 Å². The Hall–Kier alpha value is -2.01. The van der Waals surface area contributed by atoms with Crippen molar-refractivity contribution in [1.29, 1.82) is 0 Å². The van der Waals surface area contributed by atoms with Crippen molar-refractivity contribution in [2.75, 3.05) is 27.7 Å². The largest absolute Gasteiger partial charge is 0.497 e. The van der Waals surface area contributed by atoms with Crippen LogP contribution in [0.1, 0.15) is 48.7 Å². The molecule has 2 N–H and O–H groups in total. The standard InChI is InChI=1S/C21H31N3O2/c1-14-7-6-8-21(12-14,24(3)4)13-22-20(25)19-11-17-15(2)9-16(26-5)10-18(17)23-19/h9-11,14,23H,6-8,12-13H2,1-5H3,(H,22,25). The number of likely N-dealkylation sites (N-methyl/N-ethyl adjacent to an activating group) is 1. The van der Waals surface area contributed by atoms with E-state index in [1.807, 2.05) is 25.1 Å². The Labute approximate surface area is 156 Å². The van der Waals surface area contributed by atoms with Gasteiger partial charge in [0.05, 0.1) is 7.11 Å². The van der Waals surface area contributed by atoms with Crippen molar-refractivity contribution in [3.63, 3.8) is 0 Å². The lowest BCUT2D eigenvalue weighted by Gasteiger charge is -2.45. The highest BCUT2D eigenvalue weighted by Gasteiger charge is 2.37. The Bertz CT molecular complexity index is 796. The lowest BCUT2D eigenvalue weighted by atomic mass is 9.75. The SMILES string of the molecule is COc1cc(C)c2cc(C(=O)NCC3(N(C)C)CCCC(C)C3)[nH]c2c1. The number of aromatic nitrogens is 1. The predicted octanol–water partition coefficient (Wildman–Crippen LogP) is 3.73. The fourth-order valence-electron chi connectivity index (χ4n) is 4.32. The number of carbonyl (C=O) groups is 1. The van der Waals surface area contributed by atoms with Crippen molar-refractivity contribution in [2.45, 2.75) is 45.1 Å². The van der Waals surface area contributed by atoms with Crippen molar-refractivity contribution < 1.29 is 9.53 Å². The molecule has 1 aliphatic carbocycles. The molecule has 5 nitrogen and oxygen atoms in total. The molecule has 1 amide bonds. The molecular weight excluding hydrogens is 326 g/mol. The summed E-state index contributed by atoms with van der Waals surface area (Å²) in [6.45, 7) is 5.03. The molecule has 1 aliphatic rings. The predicted molar refractivity (Wildman–Crippen MR) is 106 cm³/mol. The molecule has 2 unspecified atom stereocenters. The number of aromatic amines is 1. The topological polar surface area (TPSA) is 57.4 Å². The highest BCUT2D eigenvalue weighted by Crippen LogP contribution is 2.35. The van der Waals surface area contributed by atoms with Gasteiger partial charge in [0.25, 0.3) is 5.91 Å². The van der Waals surface area contributed by atoms with Crippen molar-refractivity contribution in [2.24, 2.45) is 5.92 Å². The Balaban J connectivity index is 1.77. The zero-order chi connectivity index (χ0) is 18.9. The molecule has 2 atom stereocenters. The van der Waals surface area contributed by atoms with Gasteiger partial charge >= 0.3 is 0 Å². The third-order valence-electron chi connectivity index (χ3n) is 5.99. The first-order valence-corrected chi connectivity index (χ1v) is 9.47. The van der Waals surface area contributed by atoms with Crippen LogP contribution in [0.2, 0.25) is 0 Å². The van der Waals surface area contributed by atoms with Gasteiger partial charge < -0.3 is 19.9 Å². The maximum atomic E-state index is 12.8. The summed E-state index contributed by atoms with van der Waals surface area (Å²) in [5.74, 6) is 1.46. The van der Waals surface area contributed by atoms with E-state index in [2.05, 4.69) is 36.2 Å². The highest BCUT2D eigenvalue weighted by molar-refractivity contribution is 5.99. The van der Waals surface area contributed by atoms with E-state index >= 15 is 0 Å². The van der Waals surface area contributed by atoms with Gasteiger partial charge in [0.15, 0.2) is 0 Å². The molecule has 142 valence electrons. The highest BCUT2D eigenvalue weighted by atomic mass is 16.5. The number of hydrogen-bond acceptors (Lipinski definition) is 3. The Kier molecular flexibility index (Phi) is 5.28. The molecule has 1 heterocycles. The monoisotopic (exact) mass is 357 g/mol. The Morgan fingerprint density at radius 3 is 2.81 bits per heavy atom. The van der Waals surface area contributed by atoms with Gasteiger partial charge in [-0.05, 0) is 57.5 Å². The van der Waals surface area contributed by atoms with Crippen molar-refractivity contribution in [3.8, 4) is 5.75 Å². The number of rotatable bonds is 5. The van der Waals surface area contributed by atoms with E-state index in [9.17, 15) is 4.79 Å². The van der Waals surface area contributed by atoms with E-state index in [-0.39, 0.29) is 11.4 Å². The van der Waals surface area contributed by atoms with E-state index in [1.165, 1.54) is 12.8 Å². The van der Waals surface area contributed by atoms with Gasteiger partial charge in [-0.3, -0.25) is 4.79 Å². The van der Waals surface area contributed by atoms with Gasteiger partial charge in [-0.1, -0.05) is 19.8 Å². The van der Waals surface area contributed by atoms with Crippen LogP contribution in [0, 0.1) is 12.8 Å². The molecule has 0 spiro atoms. The first kappa shape index (κ1) is 18.8. The van der Waals surface area contributed by atoms with Gasteiger partial charge in [-0.25, -0.2) is 0 Å². The van der Waals surface area contributed by atoms with Crippen molar-refractivity contribution in [1.82, 2.24) is 15.2 Å². The first-order valence-electron chi connectivity index (χ1n) is 9.47. The summed E-state index contributed by atoms with van der Waals surface area (Å²) in [6.07, 6.45) is 4.77. The molecule has 0 bridgehead atoms. The number of aryl methyl sites for hydroxylation is 1. The van der Waals surface area contributed by atoms with Crippen LogP contribution in [-0.4, -0.2) is 49.1 Å². The number of H-pyrrole nitrogens is 1. The molecule has 26 heavy (non-hydrogen) atoms. The minimum Gasteiger partial charge on any atom is -0.497 e. The lowest BCUT2D eigenvalue weighted by molar-refractivity contribution is 0.0673. The molecule has 3 rings (SSSR count). The van der Waals surface area contributed by atoms with Crippen molar-refractivity contribution >= 4 is 16.8 Å². The van der Waals surface area contributed by atoms with Crippen molar-refractivity contribution in [3.05, 3.63) is 29.5 Å². The summed E-state index contributed by atoms with van der Waals surface area (Å²) in [6, 6.07) is 5.86. The summed E-state index contributed by atoms with van der Waals surface area (Å²) in [7, 11) is 5.91. The smallest absolute Gasteiger partial charge is 0.267 e. The molecule has 2 aromatic rings. The molecule has 1 saturated carbocycles. The minimum absolute atomic E-state index is 0.0426. The van der Waals surface area contributed by atoms with E-state index in [1.54, 1.807) is 7.11 Å². The van der Waals surface area contributed by atoms with E-state index in [0.29, 0.717) is 18.2 Å². The number of nitrogens with zero attached hydrogens (tertiary/aromatic N) is 1. The Morgan fingerprint density at radius 1 is 1.38 bits per heavy atom. The van der Waals surface area contributed by atoms with Crippen LogP contribution < -0.4 is 10.1 Å². The van der Waals surface area contributed by atoms with Crippen LogP contribution >= 0.6 is 0 Å². The Morgan fingerprint density at radius 2 is 2.15 bits per heavy atom. The average Bonchev–Trinajstić information content (AvgIpc) is 3.04. The number of hydrogen-bond donors (Lipinski definition) is 2. The number of carbonyl (C=O) groups excluding carboxylic acids is 1. The maximum absolute atomic E-state index is 12.8. The van der Waals surface area contributed by atoms with Gasteiger partial charge in [0.1, 0.15) is 11.4 Å². The summed E-state index contributed by atoms with van der Waals surface area (Å²) in [5.41, 5.74) is 2.69. The number of nitrogens with one attached hydrogen (secondary N) is 2. The number of fused-ring (bicyclic) bond motifs is 1. The zero-order valence-electron chi connectivity index (χ0n) is 16.6. The third-order valence-corrected chi connectivity index (χ3v) is 5.99. The van der Waals surface area contributed by atoms with Crippen LogP contribution in [-0.2, 0) is 0 Å². The fourth-order valence-corrected chi connectivity index (χ4v) is 4.32. The summed E-state index contributed by atoms with van der Waals surface area (Å²) in [5, 5.41) is 4.24. The van der Waals surface area contributed by atoms with E-state index in [0.717, 1.165) is 35.1 Å². The summed E-state index contributed by atoms with van der Waals surface area (Å²) >= 11 is 0. The number of amides is 1. The molecule has 0 aliphatic heterocycles. The van der Waals surface area contributed by atoms with E-state index < -0.39 is 0 Å². The quantitative estimate of drug-likeness (QED) is 0.857. The molecule has 1 fully saturated rings. The summed E-state index contributed by atoms with van der Waals surface area (Å²) in [4.78, 5) is 18.3. The lowest BCUT2D eigenvalue weighted by Crippen LogP contribution is -2.55. The average molecular weight is 357 g/mol. The zero-order valence-corrected chi connectivity index (χ0v) is 16.6. The molecule has 5 heteroatoms. The second-order valence-electron chi connectivity index (χ2n) is 8.09. The number of methoxy groups -OCH3 is 1. The second kappa shape index (κ2) is 7.31. The van der Waals surface area contributed by atoms with Gasteiger partial charge in [0, 0.05) is 29.1 Å². The molecule has 0 saturated heterocycles. The number of ether oxygens (including phenoxy) is 1. The fraction of sp³-hybridized carbons (Fsp3) is 0.571. The van der Waals surface area contributed by atoms with Crippen LogP contribution in [0.5, 0.6) is 5.75 Å². The third kappa shape index (κ3) is 3.58. The van der Waals surface area contributed by atoms with Crippen LogP contribution in [0.25, 0.3) is 10.9 Å². The summed E-state index contributed by atoms with van der Waals surface area (Å²) < 4.78 is 5.32. The maximum Gasteiger partial charge on any atom is 0.267 e. The van der Waals surface area contributed by atoms with Crippen LogP contribution in [0.3, 0.4) is 0 Å².